The molecule has 1 aliphatic rings. The number of aromatic amines is 1. The number of hydrogen-bond donors (Lipinski definition) is 2. The molecule has 5 rings (SSSR count). The molecule has 0 unspecified atom stereocenters. The molecule has 22 heavy (non-hydrogen) atoms. The zero-order valence-corrected chi connectivity index (χ0v) is 11.8. The van der Waals surface area contributed by atoms with E-state index in [4.69, 9.17) is 4.98 Å². The Labute approximate surface area is 127 Å². The van der Waals surface area contributed by atoms with Crippen LogP contribution < -0.4 is 5.32 Å². The molecule has 106 valence electrons. The topological polar surface area (TPSA) is 45.6 Å². The van der Waals surface area contributed by atoms with Gasteiger partial charge in [-0.25, -0.2) is 4.98 Å². The Morgan fingerprint density at radius 3 is 2.68 bits per heavy atom. The SMILES string of the molecule is c1c[nH]c([C@@H]2Nc3ccccc3-c3nc4ccccc4n32)c1. The minimum Gasteiger partial charge on any atom is -0.362 e. The quantitative estimate of drug-likeness (QED) is 0.555. The lowest BCUT2D eigenvalue weighted by molar-refractivity contribution is 0.653. The largest absolute Gasteiger partial charge is 0.362 e. The van der Waals surface area contributed by atoms with Crippen molar-refractivity contribution in [3.8, 4) is 11.4 Å². The van der Waals surface area contributed by atoms with Gasteiger partial charge in [0.05, 0.1) is 16.7 Å². The number of anilines is 1. The fourth-order valence-corrected chi connectivity index (χ4v) is 3.24. The highest BCUT2D eigenvalue weighted by molar-refractivity contribution is 5.86. The van der Waals surface area contributed by atoms with Crippen LogP contribution in [-0.4, -0.2) is 14.5 Å². The lowest BCUT2D eigenvalue weighted by Crippen LogP contribution is -2.25. The number of para-hydroxylation sites is 3. The summed E-state index contributed by atoms with van der Waals surface area (Å²) in [6.45, 7) is 0. The molecule has 2 aromatic heterocycles. The van der Waals surface area contributed by atoms with Crippen LogP contribution in [-0.2, 0) is 0 Å². The molecule has 2 aromatic carbocycles. The number of H-pyrrole nitrogens is 1. The number of nitrogens with zero attached hydrogens (tertiary/aromatic N) is 2. The van der Waals surface area contributed by atoms with Gasteiger partial charge >= 0.3 is 0 Å². The Kier molecular flexibility index (Phi) is 2.24. The van der Waals surface area contributed by atoms with Crippen LogP contribution >= 0.6 is 0 Å². The van der Waals surface area contributed by atoms with Gasteiger partial charge in [0.25, 0.3) is 0 Å². The third-order valence-corrected chi connectivity index (χ3v) is 4.23. The normalized spacial score (nSPS) is 16.1. The molecular formula is C18H14N4. The zero-order valence-electron chi connectivity index (χ0n) is 11.8. The van der Waals surface area contributed by atoms with Crippen LogP contribution in [0, 0.1) is 0 Å². The van der Waals surface area contributed by atoms with Crippen molar-refractivity contribution in [3.63, 3.8) is 0 Å². The lowest BCUT2D eigenvalue weighted by atomic mass is 10.1. The van der Waals surface area contributed by atoms with Gasteiger partial charge in [-0.1, -0.05) is 24.3 Å². The molecule has 3 heterocycles. The van der Waals surface area contributed by atoms with E-state index in [1.54, 1.807) is 0 Å². The summed E-state index contributed by atoms with van der Waals surface area (Å²) in [6, 6.07) is 20.7. The first-order valence-electron chi connectivity index (χ1n) is 7.38. The van der Waals surface area contributed by atoms with Crippen LogP contribution in [0.5, 0.6) is 0 Å². The predicted octanol–water partition coefficient (Wildman–Crippen LogP) is 4.00. The van der Waals surface area contributed by atoms with Crippen molar-refractivity contribution in [2.24, 2.45) is 0 Å². The van der Waals surface area contributed by atoms with Crippen LogP contribution in [0.4, 0.5) is 5.69 Å². The van der Waals surface area contributed by atoms with E-state index < -0.39 is 0 Å². The highest BCUT2D eigenvalue weighted by Crippen LogP contribution is 2.39. The number of aromatic nitrogens is 3. The summed E-state index contributed by atoms with van der Waals surface area (Å²) in [4.78, 5) is 8.19. The Bertz CT molecular complexity index is 966. The highest BCUT2D eigenvalue weighted by Gasteiger charge is 2.28. The number of imidazole rings is 1. The smallest absolute Gasteiger partial charge is 0.146 e. The Morgan fingerprint density at radius 1 is 0.909 bits per heavy atom. The summed E-state index contributed by atoms with van der Waals surface area (Å²) in [5, 5.41) is 3.63. The van der Waals surface area contributed by atoms with Crippen LogP contribution in [0.15, 0.2) is 66.9 Å². The van der Waals surface area contributed by atoms with Crippen molar-refractivity contribution in [2.45, 2.75) is 6.17 Å². The molecule has 0 saturated heterocycles. The van der Waals surface area contributed by atoms with E-state index in [1.165, 1.54) is 0 Å². The van der Waals surface area contributed by atoms with E-state index in [0.717, 1.165) is 33.8 Å². The van der Waals surface area contributed by atoms with Crippen molar-refractivity contribution >= 4 is 16.7 Å². The van der Waals surface area contributed by atoms with E-state index >= 15 is 0 Å². The van der Waals surface area contributed by atoms with E-state index in [9.17, 15) is 0 Å². The molecule has 0 fully saturated rings. The second-order valence-corrected chi connectivity index (χ2v) is 5.51. The van der Waals surface area contributed by atoms with Gasteiger partial charge in [-0.05, 0) is 36.4 Å². The van der Waals surface area contributed by atoms with Gasteiger partial charge in [-0.2, -0.15) is 0 Å². The third-order valence-electron chi connectivity index (χ3n) is 4.23. The molecule has 1 aliphatic heterocycles. The summed E-state index contributed by atoms with van der Waals surface area (Å²) in [6.07, 6.45) is 1.98. The predicted molar refractivity (Wildman–Crippen MR) is 87.7 cm³/mol. The van der Waals surface area contributed by atoms with Crippen molar-refractivity contribution in [1.29, 1.82) is 0 Å². The molecule has 0 radical (unpaired) electrons. The van der Waals surface area contributed by atoms with Crippen molar-refractivity contribution in [1.82, 2.24) is 14.5 Å². The Hall–Kier alpha value is -3.01. The Balaban J connectivity index is 1.87. The third kappa shape index (κ3) is 1.49. The molecule has 0 amide bonds. The Morgan fingerprint density at radius 2 is 1.77 bits per heavy atom. The number of benzene rings is 2. The average molecular weight is 286 g/mol. The first kappa shape index (κ1) is 11.6. The summed E-state index contributed by atoms with van der Waals surface area (Å²) in [5.41, 5.74) is 5.54. The fraction of sp³-hybridized carbons (Fsp3) is 0.0556. The second-order valence-electron chi connectivity index (χ2n) is 5.51. The maximum atomic E-state index is 4.86. The highest BCUT2D eigenvalue weighted by atomic mass is 15.3. The fourth-order valence-electron chi connectivity index (χ4n) is 3.24. The molecule has 4 heteroatoms. The van der Waals surface area contributed by atoms with Crippen LogP contribution in [0.1, 0.15) is 11.9 Å². The summed E-state index contributed by atoms with van der Waals surface area (Å²) >= 11 is 0. The number of hydrogen-bond acceptors (Lipinski definition) is 2. The molecule has 0 aliphatic carbocycles. The van der Waals surface area contributed by atoms with Gasteiger partial charge in [0, 0.05) is 17.4 Å². The van der Waals surface area contributed by atoms with Gasteiger partial charge in [0.2, 0.25) is 0 Å². The first-order chi connectivity index (χ1) is 10.9. The number of nitrogens with one attached hydrogen (secondary N) is 2. The van der Waals surface area contributed by atoms with Gasteiger partial charge < -0.3 is 10.3 Å². The maximum Gasteiger partial charge on any atom is 0.146 e. The van der Waals surface area contributed by atoms with E-state index in [-0.39, 0.29) is 6.17 Å². The molecular weight excluding hydrogens is 272 g/mol. The minimum atomic E-state index is 0.0206. The molecule has 4 aromatic rings. The summed E-state index contributed by atoms with van der Waals surface area (Å²) < 4.78 is 2.27. The summed E-state index contributed by atoms with van der Waals surface area (Å²) in [7, 11) is 0. The zero-order chi connectivity index (χ0) is 14.5. The van der Waals surface area contributed by atoms with E-state index in [2.05, 4.69) is 63.4 Å². The standard InChI is InChI=1S/C18H14N4/c1-2-7-13-12(6-1)17-21-14-8-3-4-10-16(14)22(17)18(20-13)15-9-5-11-19-15/h1-11,18-20H/t18-/m1/s1. The van der Waals surface area contributed by atoms with Gasteiger partial charge in [-0.3, -0.25) is 4.57 Å². The molecule has 4 nitrogen and oxygen atoms in total. The van der Waals surface area contributed by atoms with Gasteiger partial charge in [0.15, 0.2) is 0 Å². The average Bonchev–Trinajstić information content (AvgIpc) is 3.22. The van der Waals surface area contributed by atoms with Gasteiger partial charge in [-0.15, -0.1) is 0 Å². The molecule has 2 N–H and O–H groups in total. The molecule has 0 spiro atoms. The molecule has 0 saturated carbocycles. The van der Waals surface area contributed by atoms with Crippen LogP contribution in [0.3, 0.4) is 0 Å². The van der Waals surface area contributed by atoms with E-state index in [1.807, 2.05) is 18.3 Å². The minimum absolute atomic E-state index is 0.0206. The van der Waals surface area contributed by atoms with Crippen LogP contribution in [0.25, 0.3) is 22.4 Å². The van der Waals surface area contributed by atoms with Crippen LogP contribution in [0.2, 0.25) is 0 Å². The molecule has 1 atom stereocenters. The van der Waals surface area contributed by atoms with E-state index in [0.29, 0.717) is 0 Å². The van der Waals surface area contributed by atoms with Crippen molar-refractivity contribution < 1.29 is 0 Å². The lowest BCUT2D eigenvalue weighted by Gasteiger charge is -2.29. The monoisotopic (exact) mass is 286 g/mol. The second kappa shape index (κ2) is 4.24. The first-order valence-corrected chi connectivity index (χ1v) is 7.38. The van der Waals surface area contributed by atoms with Gasteiger partial charge in [0.1, 0.15) is 12.0 Å². The number of rotatable bonds is 1. The molecule has 0 bridgehead atoms. The van der Waals surface area contributed by atoms with Crippen molar-refractivity contribution in [3.05, 3.63) is 72.6 Å². The number of fused-ring (bicyclic) bond motifs is 5. The maximum absolute atomic E-state index is 4.86. The van der Waals surface area contributed by atoms with Crippen molar-refractivity contribution in [2.75, 3.05) is 5.32 Å². The summed E-state index contributed by atoms with van der Waals surface area (Å²) in [5.74, 6) is 1.01.